The fraction of sp³-hybridized carbons (Fsp3) is 0.462. The molecule has 3 amide bonds. The Morgan fingerprint density at radius 3 is 2.30 bits per heavy atom. The highest BCUT2D eigenvalue weighted by Gasteiger charge is 2.43. The zero-order chi connectivity index (χ0) is 26.1. The van der Waals surface area contributed by atoms with Crippen LogP contribution in [0.2, 0.25) is 0 Å². The Bertz CT molecular complexity index is 1030. The van der Waals surface area contributed by atoms with E-state index < -0.39 is 13.4 Å². The maximum absolute atomic E-state index is 14.2. The normalized spacial score (nSPS) is 21.4. The Kier molecular flexibility index (Phi) is 9.77. The van der Waals surface area contributed by atoms with E-state index in [0.717, 1.165) is 18.6 Å². The molecule has 1 unspecified atom stereocenters. The Morgan fingerprint density at radius 1 is 1.03 bits per heavy atom. The quantitative estimate of drug-likeness (QED) is 0.158. The van der Waals surface area contributed by atoms with Crippen molar-refractivity contribution in [1.82, 2.24) is 16.0 Å². The molecule has 9 nitrogen and oxygen atoms in total. The summed E-state index contributed by atoms with van der Waals surface area (Å²) in [4.78, 5) is 24.5. The second kappa shape index (κ2) is 13.2. The average molecular weight is 547 g/mol. The molecule has 0 spiro atoms. The zero-order valence-corrected chi connectivity index (χ0v) is 22.4. The number of para-hydroxylation sites is 2. The molecule has 0 aromatic heterocycles. The highest BCUT2D eigenvalue weighted by Crippen LogP contribution is 2.53. The topological polar surface area (TPSA) is 132 Å². The first-order chi connectivity index (χ1) is 18.0. The molecule has 200 valence electrons. The molecule has 2 aliphatic heterocycles. The largest absolute Gasteiger partial charge is 0.452 e. The summed E-state index contributed by atoms with van der Waals surface area (Å²) in [5.74, 6) is 0.651. The van der Waals surface area contributed by atoms with Gasteiger partial charge in [0.15, 0.2) is 5.78 Å². The average Bonchev–Trinajstić information content (AvgIpc) is 3.44. The lowest BCUT2D eigenvalue weighted by Crippen LogP contribution is -2.38. The number of nitrogens with one attached hydrogen (secondary N) is 3. The summed E-state index contributed by atoms with van der Waals surface area (Å²) >= 11 is 1.86. The molecular formula is C26H35N4O5PS. The van der Waals surface area contributed by atoms with E-state index in [2.05, 4.69) is 16.0 Å². The SMILES string of the molecule is NCCCC(NC(=O)CCCC[C@@H]1SC[C@@H]2NC(=O)N[C@@H]21)P(=O)(Oc1ccccc1)Oc1ccccc1. The number of benzene rings is 2. The number of carbonyl (C=O) groups excluding carboxylic acids is 2. The molecule has 11 heteroatoms. The number of amides is 3. The fourth-order valence-corrected chi connectivity index (χ4v) is 8.02. The van der Waals surface area contributed by atoms with Gasteiger partial charge in [0.05, 0.1) is 12.1 Å². The molecule has 4 rings (SSSR count). The Labute approximate surface area is 222 Å². The molecule has 0 bridgehead atoms. The number of carbonyl (C=O) groups is 2. The van der Waals surface area contributed by atoms with Gasteiger partial charge in [0.2, 0.25) is 5.91 Å². The minimum atomic E-state index is -3.87. The number of hydrogen-bond donors (Lipinski definition) is 4. The van der Waals surface area contributed by atoms with E-state index in [1.807, 2.05) is 23.9 Å². The molecule has 2 heterocycles. The van der Waals surface area contributed by atoms with Crippen molar-refractivity contribution in [2.24, 2.45) is 5.73 Å². The van der Waals surface area contributed by atoms with Crippen LogP contribution in [0.1, 0.15) is 38.5 Å². The van der Waals surface area contributed by atoms with Crippen LogP contribution in [0.3, 0.4) is 0 Å². The number of rotatable bonds is 14. The summed E-state index contributed by atoms with van der Waals surface area (Å²) < 4.78 is 26.1. The molecule has 2 fully saturated rings. The van der Waals surface area contributed by atoms with Crippen molar-refractivity contribution in [3.63, 3.8) is 0 Å². The van der Waals surface area contributed by atoms with Gasteiger partial charge in [-0.2, -0.15) is 11.8 Å². The standard InChI is InChI=1S/C26H35N4O5PS/c27-17-9-16-24(29-23(31)15-8-7-14-22-25-21(18-37-22)28-26(32)30-25)36(33,34-19-10-3-1-4-11-19)35-20-12-5-2-6-13-20/h1-6,10-13,21-22,24-25H,7-9,14-18,27H2,(H,29,31)(H2,28,30,32)/t21-,22-,24?,25-/m0/s1. The van der Waals surface area contributed by atoms with E-state index in [9.17, 15) is 14.2 Å². The predicted octanol–water partition coefficient (Wildman–Crippen LogP) is 4.24. The highest BCUT2D eigenvalue weighted by molar-refractivity contribution is 8.00. The monoisotopic (exact) mass is 546 g/mol. The van der Waals surface area contributed by atoms with Gasteiger partial charge in [0.1, 0.15) is 11.5 Å². The second-order valence-electron chi connectivity index (χ2n) is 9.23. The summed E-state index contributed by atoms with van der Waals surface area (Å²) in [5, 5.41) is 9.22. The van der Waals surface area contributed by atoms with Gasteiger partial charge < -0.3 is 30.7 Å². The van der Waals surface area contributed by atoms with Gasteiger partial charge in [0.25, 0.3) is 0 Å². The van der Waals surface area contributed by atoms with Crippen molar-refractivity contribution in [2.75, 3.05) is 12.3 Å². The van der Waals surface area contributed by atoms with Gasteiger partial charge >= 0.3 is 13.6 Å². The van der Waals surface area contributed by atoms with Crippen LogP contribution in [-0.2, 0) is 9.36 Å². The van der Waals surface area contributed by atoms with Gasteiger partial charge in [-0.05, 0) is 56.5 Å². The van der Waals surface area contributed by atoms with E-state index in [1.54, 1.807) is 48.5 Å². The van der Waals surface area contributed by atoms with Crippen LogP contribution >= 0.6 is 19.4 Å². The molecule has 2 aliphatic rings. The van der Waals surface area contributed by atoms with E-state index >= 15 is 0 Å². The van der Waals surface area contributed by atoms with Crippen molar-refractivity contribution in [1.29, 1.82) is 0 Å². The van der Waals surface area contributed by atoms with E-state index in [-0.39, 0.29) is 24.0 Å². The number of unbranched alkanes of at least 4 members (excludes halogenated alkanes) is 1. The first-order valence-electron chi connectivity index (χ1n) is 12.7. The summed E-state index contributed by atoms with van der Waals surface area (Å²) in [5.41, 5.74) is 5.74. The van der Waals surface area contributed by atoms with Gasteiger partial charge in [-0.3, -0.25) is 4.79 Å². The van der Waals surface area contributed by atoms with E-state index in [1.165, 1.54) is 0 Å². The molecule has 0 saturated carbocycles. The van der Waals surface area contributed by atoms with Gasteiger partial charge in [-0.25, -0.2) is 9.36 Å². The summed E-state index contributed by atoms with van der Waals surface area (Å²) in [6.07, 6.45) is 3.67. The number of urea groups is 1. The second-order valence-corrected chi connectivity index (χ2v) is 12.6. The number of fused-ring (bicyclic) bond motifs is 1. The van der Waals surface area contributed by atoms with Crippen molar-refractivity contribution in [2.45, 2.75) is 61.6 Å². The summed E-state index contributed by atoms with van der Waals surface area (Å²) in [7, 11) is -3.87. The van der Waals surface area contributed by atoms with Crippen LogP contribution in [0.5, 0.6) is 11.5 Å². The minimum Gasteiger partial charge on any atom is -0.415 e. The third-order valence-corrected chi connectivity index (χ3v) is 10.0. The van der Waals surface area contributed by atoms with Crippen LogP contribution in [0.15, 0.2) is 60.7 Å². The molecule has 37 heavy (non-hydrogen) atoms. The summed E-state index contributed by atoms with van der Waals surface area (Å²) in [6.45, 7) is 0.385. The van der Waals surface area contributed by atoms with Crippen LogP contribution in [-0.4, -0.2) is 47.4 Å². The molecule has 4 atom stereocenters. The maximum Gasteiger partial charge on any atom is 0.452 e. The van der Waals surface area contributed by atoms with E-state index in [0.29, 0.717) is 49.0 Å². The predicted molar refractivity (Wildman–Crippen MR) is 146 cm³/mol. The lowest BCUT2D eigenvalue weighted by molar-refractivity contribution is -0.121. The van der Waals surface area contributed by atoms with Crippen LogP contribution < -0.4 is 30.7 Å². The number of hydrogen-bond acceptors (Lipinski definition) is 7. The minimum absolute atomic E-state index is 0.0944. The molecular weight excluding hydrogens is 511 g/mol. The third kappa shape index (κ3) is 7.66. The van der Waals surface area contributed by atoms with Crippen molar-refractivity contribution in [3.05, 3.63) is 60.7 Å². The van der Waals surface area contributed by atoms with Gasteiger partial charge in [0, 0.05) is 17.4 Å². The maximum atomic E-state index is 14.2. The molecule has 2 saturated heterocycles. The number of nitrogens with two attached hydrogens (primary N) is 1. The summed E-state index contributed by atoms with van der Waals surface area (Å²) in [6, 6.07) is 17.9. The first-order valence-corrected chi connectivity index (χ1v) is 15.4. The third-order valence-electron chi connectivity index (χ3n) is 6.42. The van der Waals surface area contributed by atoms with Crippen LogP contribution in [0, 0.1) is 0 Å². The van der Waals surface area contributed by atoms with E-state index in [4.69, 9.17) is 14.8 Å². The highest BCUT2D eigenvalue weighted by atomic mass is 32.2. The molecule has 0 radical (unpaired) electrons. The zero-order valence-electron chi connectivity index (χ0n) is 20.7. The van der Waals surface area contributed by atoms with Crippen molar-refractivity contribution < 1.29 is 23.2 Å². The molecule has 2 aromatic carbocycles. The Morgan fingerprint density at radius 2 is 1.68 bits per heavy atom. The molecule has 0 aliphatic carbocycles. The van der Waals surface area contributed by atoms with Crippen LogP contribution in [0.25, 0.3) is 0 Å². The molecule has 2 aromatic rings. The van der Waals surface area contributed by atoms with Gasteiger partial charge in [-0.1, -0.05) is 42.8 Å². The fourth-order valence-electron chi connectivity index (χ4n) is 4.56. The smallest absolute Gasteiger partial charge is 0.415 e. The first kappa shape index (κ1) is 27.4. The van der Waals surface area contributed by atoms with Crippen LogP contribution in [0.4, 0.5) is 4.79 Å². The lowest BCUT2D eigenvalue weighted by Gasteiger charge is -2.28. The Hall–Kier alpha value is -2.68. The van der Waals surface area contributed by atoms with Crippen molar-refractivity contribution in [3.8, 4) is 11.5 Å². The van der Waals surface area contributed by atoms with Gasteiger partial charge in [-0.15, -0.1) is 0 Å². The van der Waals surface area contributed by atoms with Crippen molar-refractivity contribution >= 4 is 31.3 Å². The Balaban J connectivity index is 1.37. The number of thioether (sulfide) groups is 1. The lowest BCUT2D eigenvalue weighted by atomic mass is 10.0. The molecule has 5 N–H and O–H groups in total.